The molecule has 28 heavy (non-hydrogen) atoms. The second kappa shape index (κ2) is 8.45. The fourth-order valence-corrected chi connectivity index (χ4v) is 4.61. The number of hydrogen-bond donors (Lipinski definition) is 3. The number of carbonyl (C=O) groups excluding carboxylic acids is 1. The Kier molecular flexibility index (Phi) is 6.01. The number of rotatable bonds is 5. The van der Waals surface area contributed by atoms with Gasteiger partial charge >= 0.3 is 6.03 Å². The standard InChI is InChI=1S/C20H18BrN3O3S/c1-14-11-12-16(23-20(25)22-15-7-3-2-4-8-15)13-18(14)24-28(26,27)19-10-6-5-9-17(19)21/h2-13,24H,1H3,(H2,22,23,25). The molecule has 3 rings (SSSR count). The van der Waals surface area contributed by atoms with Crippen LogP contribution in [0.15, 0.2) is 82.2 Å². The van der Waals surface area contributed by atoms with Gasteiger partial charge in [-0.2, -0.15) is 0 Å². The highest BCUT2D eigenvalue weighted by atomic mass is 79.9. The molecule has 144 valence electrons. The molecule has 2 amide bonds. The Morgan fingerprint density at radius 1 is 0.857 bits per heavy atom. The zero-order valence-electron chi connectivity index (χ0n) is 14.9. The Morgan fingerprint density at radius 2 is 1.50 bits per heavy atom. The van der Waals surface area contributed by atoms with Crippen molar-refractivity contribution in [3.63, 3.8) is 0 Å². The van der Waals surface area contributed by atoms with Gasteiger partial charge in [-0.1, -0.05) is 36.4 Å². The van der Waals surface area contributed by atoms with Crippen LogP contribution in [0.3, 0.4) is 0 Å². The molecular weight excluding hydrogens is 442 g/mol. The summed E-state index contributed by atoms with van der Waals surface area (Å²) in [4.78, 5) is 12.3. The number of carbonyl (C=O) groups is 1. The average molecular weight is 460 g/mol. The zero-order chi connectivity index (χ0) is 20.1. The third-order valence-electron chi connectivity index (χ3n) is 3.90. The number of aryl methyl sites for hydroxylation is 1. The number of sulfonamides is 1. The number of para-hydroxylation sites is 1. The lowest BCUT2D eigenvalue weighted by atomic mass is 10.2. The van der Waals surface area contributed by atoms with E-state index in [4.69, 9.17) is 0 Å². The van der Waals surface area contributed by atoms with E-state index in [0.29, 0.717) is 21.5 Å². The van der Waals surface area contributed by atoms with Crippen molar-refractivity contribution >= 4 is 49.0 Å². The van der Waals surface area contributed by atoms with Gasteiger partial charge < -0.3 is 10.6 Å². The lowest BCUT2D eigenvalue weighted by molar-refractivity contribution is 0.262. The maximum atomic E-state index is 12.7. The Hall–Kier alpha value is -2.84. The van der Waals surface area contributed by atoms with Crippen LogP contribution in [0.5, 0.6) is 0 Å². The predicted molar refractivity (Wildman–Crippen MR) is 115 cm³/mol. The molecular formula is C20H18BrN3O3S. The quantitative estimate of drug-likeness (QED) is 0.489. The first kappa shape index (κ1) is 19.9. The lowest BCUT2D eigenvalue weighted by Gasteiger charge is -2.14. The topological polar surface area (TPSA) is 87.3 Å². The Labute approximate surface area is 172 Å². The van der Waals surface area contributed by atoms with Gasteiger partial charge in [-0.25, -0.2) is 13.2 Å². The molecule has 0 aliphatic heterocycles. The summed E-state index contributed by atoms with van der Waals surface area (Å²) in [5, 5.41) is 5.41. The summed E-state index contributed by atoms with van der Waals surface area (Å²) in [5.41, 5.74) is 2.23. The first-order valence-corrected chi connectivity index (χ1v) is 10.6. The van der Waals surface area contributed by atoms with Gasteiger partial charge in [-0.3, -0.25) is 4.72 Å². The Morgan fingerprint density at radius 3 is 2.21 bits per heavy atom. The molecule has 0 fully saturated rings. The molecule has 6 nitrogen and oxygen atoms in total. The molecule has 0 saturated heterocycles. The van der Waals surface area contributed by atoms with Gasteiger partial charge in [0.1, 0.15) is 4.90 Å². The van der Waals surface area contributed by atoms with Crippen molar-refractivity contribution in [1.82, 2.24) is 0 Å². The van der Waals surface area contributed by atoms with Crippen LogP contribution in [-0.4, -0.2) is 14.4 Å². The van der Waals surface area contributed by atoms with Crippen LogP contribution in [0.1, 0.15) is 5.56 Å². The second-order valence-corrected chi connectivity index (χ2v) is 8.52. The predicted octanol–water partition coefficient (Wildman–Crippen LogP) is 5.20. The highest BCUT2D eigenvalue weighted by molar-refractivity contribution is 9.10. The molecule has 0 aromatic heterocycles. The van der Waals surface area contributed by atoms with E-state index < -0.39 is 16.1 Å². The third kappa shape index (κ3) is 4.90. The SMILES string of the molecule is Cc1ccc(NC(=O)Nc2ccccc2)cc1NS(=O)(=O)c1ccccc1Br. The van der Waals surface area contributed by atoms with Gasteiger partial charge in [0.05, 0.1) is 5.69 Å². The number of halogens is 1. The van der Waals surface area contributed by atoms with Crippen molar-refractivity contribution in [3.8, 4) is 0 Å². The van der Waals surface area contributed by atoms with E-state index in [0.717, 1.165) is 5.56 Å². The van der Waals surface area contributed by atoms with E-state index in [1.54, 1.807) is 55.5 Å². The maximum Gasteiger partial charge on any atom is 0.323 e. The molecule has 0 saturated carbocycles. The van der Waals surface area contributed by atoms with Gasteiger partial charge in [-0.15, -0.1) is 0 Å². The van der Waals surface area contributed by atoms with Gasteiger partial charge in [0.25, 0.3) is 10.0 Å². The molecule has 0 aliphatic carbocycles. The molecule has 3 aromatic rings. The second-order valence-electron chi connectivity index (χ2n) is 6.01. The third-order valence-corrected chi connectivity index (χ3v) is 6.28. The summed E-state index contributed by atoms with van der Waals surface area (Å²) in [6, 6.07) is 20.2. The van der Waals surface area contributed by atoms with E-state index in [9.17, 15) is 13.2 Å². The minimum Gasteiger partial charge on any atom is -0.308 e. The summed E-state index contributed by atoms with van der Waals surface area (Å²) in [5.74, 6) is 0. The van der Waals surface area contributed by atoms with Gasteiger partial charge in [-0.05, 0) is 64.8 Å². The van der Waals surface area contributed by atoms with Crippen LogP contribution in [0.4, 0.5) is 21.9 Å². The van der Waals surface area contributed by atoms with Crippen molar-refractivity contribution in [1.29, 1.82) is 0 Å². The van der Waals surface area contributed by atoms with E-state index in [1.807, 2.05) is 18.2 Å². The number of hydrogen-bond acceptors (Lipinski definition) is 3. The van der Waals surface area contributed by atoms with Crippen LogP contribution in [0.25, 0.3) is 0 Å². The number of urea groups is 1. The minimum absolute atomic E-state index is 0.134. The zero-order valence-corrected chi connectivity index (χ0v) is 17.3. The molecule has 8 heteroatoms. The first-order valence-electron chi connectivity index (χ1n) is 8.36. The summed E-state index contributed by atoms with van der Waals surface area (Å²) >= 11 is 3.26. The summed E-state index contributed by atoms with van der Waals surface area (Å²) in [7, 11) is -3.79. The summed E-state index contributed by atoms with van der Waals surface area (Å²) in [6.07, 6.45) is 0. The van der Waals surface area contributed by atoms with E-state index in [2.05, 4.69) is 31.3 Å². The van der Waals surface area contributed by atoms with Crippen molar-refractivity contribution in [3.05, 3.63) is 82.8 Å². The van der Waals surface area contributed by atoms with Crippen molar-refractivity contribution in [2.75, 3.05) is 15.4 Å². The smallest absolute Gasteiger partial charge is 0.308 e. The molecule has 0 bridgehead atoms. The minimum atomic E-state index is -3.79. The van der Waals surface area contributed by atoms with E-state index >= 15 is 0 Å². The summed E-state index contributed by atoms with van der Waals surface area (Å²) < 4.78 is 28.5. The number of nitrogens with one attached hydrogen (secondary N) is 3. The molecule has 0 aliphatic rings. The first-order chi connectivity index (χ1) is 13.3. The van der Waals surface area contributed by atoms with Crippen molar-refractivity contribution < 1.29 is 13.2 Å². The molecule has 0 heterocycles. The van der Waals surface area contributed by atoms with Crippen LogP contribution in [0, 0.1) is 6.92 Å². The fraction of sp³-hybridized carbons (Fsp3) is 0.0500. The van der Waals surface area contributed by atoms with Gasteiger partial charge in [0.2, 0.25) is 0 Å². The molecule has 3 aromatic carbocycles. The maximum absolute atomic E-state index is 12.7. The molecule has 0 unspecified atom stereocenters. The monoisotopic (exact) mass is 459 g/mol. The van der Waals surface area contributed by atoms with E-state index in [1.165, 1.54) is 6.07 Å². The van der Waals surface area contributed by atoms with Gasteiger partial charge in [0, 0.05) is 15.8 Å². The number of benzene rings is 3. The highest BCUT2D eigenvalue weighted by Gasteiger charge is 2.18. The normalized spacial score (nSPS) is 10.9. The molecule has 0 atom stereocenters. The van der Waals surface area contributed by atoms with Crippen LogP contribution < -0.4 is 15.4 Å². The highest BCUT2D eigenvalue weighted by Crippen LogP contribution is 2.27. The Bertz CT molecular complexity index is 1100. The van der Waals surface area contributed by atoms with Gasteiger partial charge in [0.15, 0.2) is 0 Å². The van der Waals surface area contributed by atoms with Crippen LogP contribution in [0.2, 0.25) is 0 Å². The number of amides is 2. The van der Waals surface area contributed by atoms with Crippen LogP contribution in [-0.2, 0) is 10.0 Å². The van der Waals surface area contributed by atoms with E-state index in [-0.39, 0.29) is 4.90 Å². The Balaban J connectivity index is 1.78. The molecule has 0 spiro atoms. The summed E-state index contributed by atoms with van der Waals surface area (Å²) in [6.45, 7) is 1.78. The van der Waals surface area contributed by atoms with Crippen molar-refractivity contribution in [2.24, 2.45) is 0 Å². The largest absolute Gasteiger partial charge is 0.323 e. The number of anilines is 3. The fourth-order valence-electron chi connectivity index (χ4n) is 2.49. The lowest BCUT2D eigenvalue weighted by Crippen LogP contribution is -2.20. The van der Waals surface area contributed by atoms with Crippen LogP contribution >= 0.6 is 15.9 Å². The molecule has 3 N–H and O–H groups in total. The average Bonchev–Trinajstić information content (AvgIpc) is 2.65. The molecule has 0 radical (unpaired) electrons. The van der Waals surface area contributed by atoms with Crippen molar-refractivity contribution in [2.45, 2.75) is 11.8 Å².